The van der Waals surface area contributed by atoms with Crippen LogP contribution >= 0.6 is 0 Å². The van der Waals surface area contributed by atoms with Crippen LogP contribution in [0.4, 0.5) is 13.2 Å². The molecule has 4 atom stereocenters. The number of amides is 2. The van der Waals surface area contributed by atoms with Gasteiger partial charge in [0, 0.05) is 24.2 Å². The van der Waals surface area contributed by atoms with Crippen LogP contribution in [-0.2, 0) is 11.0 Å². The molecule has 0 spiro atoms. The number of rotatable bonds is 3. The second kappa shape index (κ2) is 8.15. The third-order valence-corrected chi connectivity index (χ3v) is 6.94. The summed E-state index contributed by atoms with van der Waals surface area (Å²) in [6.45, 7) is 0.545. The standard InChI is InChI=1S/C22H25F3N4O2/c23-22(24,25)15-5-3-13(4-6-15)20(30)29-16-7-8-17(29)11-14(10-16)19(27)21(31)28-9-1-2-18(28)12-26/h3-6,14,16-19H,1-2,7-11,27H2/t14?,16?,17?,18-,19-/m0/s1. The Kier molecular flexibility index (Phi) is 5.69. The molecule has 31 heavy (non-hydrogen) atoms. The Morgan fingerprint density at radius 2 is 1.71 bits per heavy atom. The summed E-state index contributed by atoms with van der Waals surface area (Å²) in [5, 5.41) is 9.25. The van der Waals surface area contributed by atoms with Crippen molar-refractivity contribution in [1.82, 2.24) is 9.80 Å². The molecular weight excluding hydrogens is 409 g/mol. The minimum Gasteiger partial charge on any atom is -0.333 e. The SMILES string of the molecule is N#C[C@@H]1CCCN1C(=O)[C@@H](N)C1CC2CCC(C1)N2C(=O)c1ccc(C(F)(F)F)cc1. The second-order valence-electron chi connectivity index (χ2n) is 8.75. The molecular formula is C22H25F3N4O2. The number of hydrogen-bond acceptors (Lipinski definition) is 4. The zero-order valence-electron chi connectivity index (χ0n) is 17.0. The smallest absolute Gasteiger partial charge is 0.333 e. The quantitative estimate of drug-likeness (QED) is 0.792. The molecule has 3 heterocycles. The van der Waals surface area contributed by atoms with E-state index in [1.54, 1.807) is 9.80 Å². The van der Waals surface area contributed by atoms with Gasteiger partial charge in [0.2, 0.25) is 5.91 Å². The van der Waals surface area contributed by atoms with Gasteiger partial charge in [0.1, 0.15) is 6.04 Å². The number of nitrogens with two attached hydrogens (primary N) is 1. The lowest BCUT2D eigenvalue weighted by atomic mass is 9.84. The van der Waals surface area contributed by atoms with Crippen LogP contribution < -0.4 is 5.73 Å². The summed E-state index contributed by atoms with van der Waals surface area (Å²) in [7, 11) is 0. The van der Waals surface area contributed by atoms with Crippen molar-refractivity contribution in [2.75, 3.05) is 6.54 Å². The topological polar surface area (TPSA) is 90.4 Å². The highest BCUT2D eigenvalue weighted by atomic mass is 19.4. The Morgan fingerprint density at radius 3 is 2.26 bits per heavy atom. The van der Waals surface area contributed by atoms with E-state index in [1.807, 2.05) is 0 Å². The molecule has 0 aliphatic carbocycles. The molecule has 0 radical (unpaired) electrons. The number of nitrogens with zero attached hydrogens (tertiary/aromatic N) is 3. The largest absolute Gasteiger partial charge is 0.416 e. The fraction of sp³-hybridized carbons (Fsp3) is 0.591. The predicted octanol–water partition coefficient (Wildman–Crippen LogP) is 2.93. The molecule has 2 N–H and O–H groups in total. The number of halogens is 3. The van der Waals surface area contributed by atoms with E-state index in [9.17, 15) is 28.0 Å². The Labute approximate surface area is 178 Å². The average molecular weight is 434 g/mol. The first-order valence-electron chi connectivity index (χ1n) is 10.7. The van der Waals surface area contributed by atoms with Gasteiger partial charge in [0.05, 0.1) is 17.7 Å². The molecule has 1 aromatic rings. The summed E-state index contributed by atoms with van der Waals surface area (Å²) in [6.07, 6.45) is -0.233. The Morgan fingerprint density at radius 1 is 1.10 bits per heavy atom. The highest BCUT2D eigenvalue weighted by molar-refractivity contribution is 5.95. The summed E-state index contributed by atoms with van der Waals surface area (Å²) < 4.78 is 38.4. The molecule has 4 rings (SSSR count). The molecule has 2 bridgehead atoms. The second-order valence-corrected chi connectivity index (χ2v) is 8.75. The van der Waals surface area contributed by atoms with Crippen LogP contribution in [0.25, 0.3) is 0 Å². The van der Waals surface area contributed by atoms with Crippen molar-refractivity contribution < 1.29 is 22.8 Å². The van der Waals surface area contributed by atoms with E-state index >= 15 is 0 Å². The third-order valence-electron chi connectivity index (χ3n) is 6.94. The lowest BCUT2D eigenvalue weighted by Crippen LogP contribution is -2.54. The van der Waals surface area contributed by atoms with E-state index in [0.29, 0.717) is 25.8 Å². The maximum atomic E-state index is 13.0. The summed E-state index contributed by atoms with van der Waals surface area (Å²) in [5.74, 6) is -0.554. The predicted molar refractivity (Wildman–Crippen MR) is 105 cm³/mol. The van der Waals surface area contributed by atoms with E-state index in [-0.39, 0.29) is 35.4 Å². The molecule has 0 aromatic heterocycles. The van der Waals surface area contributed by atoms with Crippen molar-refractivity contribution in [3.8, 4) is 6.07 Å². The van der Waals surface area contributed by atoms with E-state index in [4.69, 9.17) is 5.73 Å². The number of piperidine rings is 1. The van der Waals surface area contributed by atoms with E-state index < -0.39 is 23.8 Å². The van der Waals surface area contributed by atoms with Gasteiger partial charge < -0.3 is 15.5 Å². The first kappa shape index (κ1) is 21.6. The van der Waals surface area contributed by atoms with Crippen molar-refractivity contribution >= 4 is 11.8 Å². The molecule has 2 amide bonds. The van der Waals surface area contributed by atoms with Crippen LogP contribution in [0, 0.1) is 17.2 Å². The number of fused-ring (bicyclic) bond motifs is 2. The molecule has 6 nitrogen and oxygen atoms in total. The lowest BCUT2D eigenvalue weighted by molar-refractivity contribution is -0.137. The van der Waals surface area contributed by atoms with Crippen molar-refractivity contribution in [3.63, 3.8) is 0 Å². The zero-order valence-corrected chi connectivity index (χ0v) is 17.0. The number of hydrogen-bond donors (Lipinski definition) is 1. The van der Waals surface area contributed by atoms with Crippen LogP contribution in [-0.4, -0.2) is 52.3 Å². The minimum absolute atomic E-state index is 0.0808. The van der Waals surface area contributed by atoms with Gasteiger partial charge in [0.25, 0.3) is 5.91 Å². The molecule has 0 saturated carbocycles. The minimum atomic E-state index is -4.44. The zero-order chi connectivity index (χ0) is 22.3. The molecule has 166 valence electrons. The van der Waals surface area contributed by atoms with Crippen LogP contribution in [0.1, 0.15) is 54.4 Å². The Hall–Kier alpha value is -2.60. The number of benzene rings is 1. The number of nitriles is 1. The molecule has 3 fully saturated rings. The van der Waals surface area contributed by atoms with Crippen LogP contribution in [0.3, 0.4) is 0 Å². The maximum absolute atomic E-state index is 13.0. The molecule has 3 saturated heterocycles. The van der Waals surface area contributed by atoms with Crippen molar-refractivity contribution in [2.24, 2.45) is 11.7 Å². The first-order valence-corrected chi connectivity index (χ1v) is 10.7. The Balaban J connectivity index is 1.44. The highest BCUT2D eigenvalue weighted by Gasteiger charge is 2.47. The molecule has 3 aliphatic rings. The van der Waals surface area contributed by atoms with Crippen molar-refractivity contribution in [3.05, 3.63) is 35.4 Å². The van der Waals surface area contributed by atoms with Gasteiger partial charge in [-0.2, -0.15) is 18.4 Å². The highest BCUT2D eigenvalue weighted by Crippen LogP contribution is 2.41. The van der Waals surface area contributed by atoms with Gasteiger partial charge in [-0.15, -0.1) is 0 Å². The first-order chi connectivity index (χ1) is 14.7. The van der Waals surface area contributed by atoms with Gasteiger partial charge in [-0.25, -0.2) is 0 Å². The normalized spacial score (nSPS) is 29.0. The molecule has 3 aliphatic heterocycles. The average Bonchev–Trinajstić information content (AvgIpc) is 3.33. The van der Waals surface area contributed by atoms with E-state index in [1.165, 1.54) is 12.1 Å². The van der Waals surface area contributed by atoms with Crippen molar-refractivity contribution in [1.29, 1.82) is 5.26 Å². The fourth-order valence-corrected chi connectivity index (χ4v) is 5.35. The van der Waals surface area contributed by atoms with Crippen LogP contribution in [0.5, 0.6) is 0 Å². The van der Waals surface area contributed by atoms with Gasteiger partial charge in [-0.1, -0.05) is 0 Å². The summed E-state index contributed by atoms with van der Waals surface area (Å²) >= 11 is 0. The van der Waals surface area contributed by atoms with Crippen LogP contribution in [0.2, 0.25) is 0 Å². The fourth-order valence-electron chi connectivity index (χ4n) is 5.35. The summed E-state index contributed by atoms with van der Waals surface area (Å²) in [5.41, 5.74) is 5.77. The molecule has 1 aromatic carbocycles. The molecule has 9 heteroatoms. The lowest BCUT2D eigenvalue weighted by Gasteiger charge is -2.41. The van der Waals surface area contributed by atoms with Crippen molar-refractivity contribution in [2.45, 2.75) is 68.9 Å². The van der Waals surface area contributed by atoms with E-state index in [2.05, 4.69) is 6.07 Å². The summed E-state index contributed by atoms with van der Waals surface area (Å²) in [6, 6.07) is 5.18. The third kappa shape index (κ3) is 4.01. The number of carbonyl (C=O) groups is 2. The van der Waals surface area contributed by atoms with Gasteiger partial charge in [-0.05, 0) is 68.7 Å². The number of likely N-dealkylation sites (tertiary alicyclic amines) is 1. The van der Waals surface area contributed by atoms with Gasteiger partial charge >= 0.3 is 6.18 Å². The summed E-state index contributed by atoms with van der Waals surface area (Å²) in [4.78, 5) is 29.2. The van der Waals surface area contributed by atoms with Gasteiger partial charge in [-0.3, -0.25) is 9.59 Å². The number of carbonyl (C=O) groups excluding carboxylic acids is 2. The van der Waals surface area contributed by atoms with Gasteiger partial charge in [0.15, 0.2) is 0 Å². The van der Waals surface area contributed by atoms with Crippen LogP contribution in [0.15, 0.2) is 24.3 Å². The number of alkyl halides is 3. The Bertz CT molecular complexity index is 882. The monoisotopic (exact) mass is 434 g/mol. The van der Waals surface area contributed by atoms with E-state index in [0.717, 1.165) is 31.4 Å². The maximum Gasteiger partial charge on any atom is 0.416 e. The molecule has 2 unspecified atom stereocenters.